The van der Waals surface area contributed by atoms with Crippen molar-refractivity contribution >= 4 is 38.3 Å². The van der Waals surface area contributed by atoms with Crippen molar-refractivity contribution in [3.8, 4) is 0 Å². The summed E-state index contributed by atoms with van der Waals surface area (Å²) in [5.74, 6) is -0.380. The summed E-state index contributed by atoms with van der Waals surface area (Å²) in [6.07, 6.45) is -0.0412. The molecule has 3 aromatic carbocycles. The molecule has 0 aliphatic rings. The molecule has 0 saturated heterocycles. The smallest absolute Gasteiger partial charge is 0.266 e. The van der Waals surface area contributed by atoms with Crippen LogP contribution in [0.4, 0.5) is 11.4 Å². The van der Waals surface area contributed by atoms with E-state index in [1.807, 2.05) is 32.0 Å². The lowest BCUT2D eigenvalue weighted by Crippen LogP contribution is -2.31. The molecule has 0 aliphatic carbocycles. The average Bonchev–Trinajstić information content (AvgIpc) is 3.17. The lowest BCUT2D eigenvalue weighted by molar-refractivity contribution is -0.115. The van der Waals surface area contributed by atoms with Crippen LogP contribution in [0.5, 0.6) is 0 Å². The molecular formula is C25H25N3O4S. The Hall–Kier alpha value is -3.65. The third-order valence-electron chi connectivity index (χ3n) is 5.37. The Bertz CT molecular complexity index is 1410. The molecule has 0 saturated carbocycles. The van der Waals surface area contributed by atoms with Gasteiger partial charge in [0.05, 0.1) is 17.8 Å². The second-order valence-corrected chi connectivity index (χ2v) is 9.64. The average molecular weight is 464 g/mol. The van der Waals surface area contributed by atoms with Crippen LogP contribution in [0.2, 0.25) is 0 Å². The fraction of sp³-hybridized carbons (Fsp3) is 0.200. The Labute approximate surface area is 193 Å². The van der Waals surface area contributed by atoms with Gasteiger partial charge in [-0.05, 0) is 62.2 Å². The van der Waals surface area contributed by atoms with Gasteiger partial charge in [0.1, 0.15) is 10.6 Å². The van der Waals surface area contributed by atoms with Crippen molar-refractivity contribution in [2.45, 2.75) is 32.1 Å². The third kappa shape index (κ3) is 4.47. The standard InChI is InChI=1S/C25H25N3O4S/c1-4-28(19-10-6-5-7-11-19)33(30,31)23-13-9-8-12-21(23)26-24(29)16-22-20-15-17(2)14-18(3)25(20)32-27-22/h5-15H,4,16H2,1-3H3,(H,26,29). The molecule has 0 bridgehead atoms. The topological polar surface area (TPSA) is 92.5 Å². The van der Waals surface area contributed by atoms with Crippen LogP contribution in [0.3, 0.4) is 0 Å². The Morgan fingerprint density at radius 3 is 2.45 bits per heavy atom. The molecule has 0 unspecified atom stereocenters. The van der Waals surface area contributed by atoms with Gasteiger partial charge in [0.2, 0.25) is 5.91 Å². The molecule has 8 heteroatoms. The maximum absolute atomic E-state index is 13.5. The van der Waals surface area contributed by atoms with Crippen LogP contribution in [0.25, 0.3) is 11.0 Å². The number of aromatic nitrogens is 1. The Kier molecular flexibility index (Phi) is 6.20. The van der Waals surface area contributed by atoms with E-state index in [2.05, 4.69) is 10.5 Å². The van der Waals surface area contributed by atoms with Crippen LogP contribution in [0.15, 0.2) is 76.1 Å². The zero-order valence-electron chi connectivity index (χ0n) is 18.7. The van der Waals surface area contributed by atoms with E-state index < -0.39 is 10.0 Å². The summed E-state index contributed by atoms with van der Waals surface area (Å²) in [5, 5.41) is 7.60. The summed E-state index contributed by atoms with van der Waals surface area (Å²) in [6.45, 7) is 5.91. The highest BCUT2D eigenvalue weighted by Gasteiger charge is 2.27. The van der Waals surface area contributed by atoms with Crippen LogP contribution in [0.1, 0.15) is 23.7 Å². The van der Waals surface area contributed by atoms with Crippen molar-refractivity contribution in [2.75, 3.05) is 16.2 Å². The van der Waals surface area contributed by atoms with E-state index in [1.54, 1.807) is 49.4 Å². The first-order chi connectivity index (χ1) is 15.8. The molecule has 33 heavy (non-hydrogen) atoms. The van der Waals surface area contributed by atoms with Crippen molar-refractivity contribution in [1.29, 1.82) is 0 Å². The van der Waals surface area contributed by atoms with Gasteiger partial charge in [0, 0.05) is 11.9 Å². The number of nitrogens with one attached hydrogen (secondary N) is 1. The maximum Gasteiger partial charge on any atom is 0.266 e. The number of carbonyl (C=O) groups is 1. The van der Waals surface area contributed by atoms with E-state index in [4.69, 9.17) is 4.52 Å². The molecule has 0 radical (unpaired) electrons. The quantitative estimate of drug-likeness (QED) is 0.423. The summed E-state index contributed by atoms with van der Waals surface area (Å²) in [5.41, 5.74) is 3.92. The summed E-state index contributed by atoms with van der Waals surface area (Å²) >= 11 is 0. The van der Waals surface area contributed by atoms with Crippen LogP contribution in [-0.4, -0.2) is 26.0 Å². The van der Waals surface area contributed by atoms with Gasteiger partial charge < -0.3 is 9.84 Å². The number of carbonyl (C=O) groups excluding carboxylic acids is 1. The molecule has 0 atom stereocenters. The molecule has 0 aliphatic heterocycles. The second kappa shape index (κ2) is 9.07. The number of hydrogen-bond acceptors (Lipinski definition) is 5. The van der Waals surface area contributed by atoms with Crippen molar-refractivity contribution in [3.63, 3.8) is 0 Å². The molecule has 4 rings (SSSR count). The van der Waals surface area contributed by atoms with Gasteiger partial charge in [0.15, 0.2) is 5.58 Å². The second-order valence-electron chi connectivity index (χ2n) is 7.81. The fourth-order valence-corrected chi connectivity index (χ4v) is 5.54. The molecule has 1 N–H and O–H groups in total. The highest BCUT2D eigenvalue weighted by atomic mass is 32.2. The molecule has 4 aromatic rings. The lowest BCUT2D eigenvalue weighted by atomic mass is 10.1. The molecular weight excluding hydrogens is 438 g/mol. The normalized spacial score (nSPS) is 11.5. The van der Waals surface area contributed by atoms with Gasteiger partial charge in [0.25, 0.3) is 10.0 Å². The highest BCUT2D eigenvalue weighted by Crippen LogP contribution is 2.29. The number of anilines is 2. The first-order valence-electron chi connectivity index (χ1n) is 10.6. The zero-order chi connectivity index (χ0) is 23.6. The summed E-state index contributed by atoms with van der Waals surface area (Å²) in [4.78, 5) is 12.9. The van der Waals surface area contributed by atoms with E-state index in [1.165, 1.54) is 10.4 Å². The van der Waals surface area contributed by atoms with Crippen molar-refractivity contribution in [2.24, 2.45) is 0 Å². The van der Waals surface area contributed by atoms with Crippen LogP contribution in [-0.2, 0) is 21.2 Å². The molecule has 1 aromatic heterocycles. The Balaban J connectivity index is 1.62. The minimum Gasteiger partial charge on any atom is -0.356 e. The monoisotopic (exact) mass is 463 g/mol. The maximum atomic E-state index is 13.5. The highest BCUT2D eigenvalue weighted by molar-refractivity contribution is 7.93. The van der Waals surface area contributed by atoms with Gasteiger partial charge in [-0.3, -0.25) is 9.10 Å². The fourth-order valence-electron chi connectivity index (χ4n) is 3.91. The number of hydrogen-bond donors (Lipinski definition) is 1. The minimum absolute atomic E-state index is 0.0285. The number of rotatable bonds is 7. The van der Waals surface area contributed by atoms with Gasteiger partial charge >= 0.3 is 0 Å². The largest absolute Gasteiger partial charge is 0.356 e. The van der Waals surface area contributed by atoms with E-state index >= 15 is 0 Å². The summed E-state index contributed by atoms with van der Waals surface area (Å²) in [6, 6.07) is 19.2. The number of para-hydroxylation sites is 2. The predicted molar refractivity (Wildman–Crippen MR) is 129 cm³/mol. The molecule has 7 nitrogen and oxygen atoms in total. The Morgan fingerprint density at radius 2 is 1.73 bits per heavy atom. The molecule has 1 heterocycles. The van der Waals surface area contributed by atoms with Crippen LogP contribution < -0.4 is 9.62 Å². The van der Waals surface area contributed by atoms with Crippen molar-refractivity contribution < 1.29 is 17.7 Å². The minimum atomic E-state index is -3.90. The summed E-state index contributed by atoms with van der Waals surface area (Å²) in [7, 11) is -3.90. The van der Waals surface area contributed by atoms with E-state index in [-0.39, 0.29) is 29.5 Å². The molecule has 0 spiro atoms. The number of aryl methyl sites for hydroxylation is 2. The molecule has 170 valence electrons. The SMILES string of the molecule is CCN(c1ccccc1)S(=O)(=O)c1ccccc1NC(=O)Cc1noc2c(C)cc(C)cc12. The predicted octanol–water partition coefficient (Wildman–Crippen LogP) is 4.84. The number of amides is 1. The number of sulfonamides is 1. The number of benzene rings is 3. The Morgan fingerprint density at radius 1 is 1.03 bits per heavy atom. The van der Waals surface area contributed by atoms with Gasteiger partial charge in [-0.2, -0.15) is 0 Å². The number of fused-ring (bicyclic) bond motifs is 1. The summed E-state index contributed by atoms with van der Waals surface area (Å²) < 4.78 is 33.7. The van der Waals surface area contributed by atoms with E-state index in [9.17, 15) is 13.2 Å². The van der Waals surface area contributed by atoms with E-state index in [0.29, 0.717) is 17.0 Å². The van der Waals surface area contributed by atoms with Crippen LogP contribution in [0, 0.1) is 13.8 Å². The number of nitrogens with zero attached hydrogens (tertiary/aromatic N) is 2. The molecule has 1 amide bonds. The molecule has 0 fully saturated rings. The van der Waals surface area contributed by atoms with Crippen molar-refractivity contribution in [1.82, 2.24) is 5.16 Å². The van der Waals surface area contributed by atoms with Gasteiger partial charge in [-0.25, -0.2) is 8.42 Å². The third-order valence-corrected chi connectivity index (χ3v) is 7.33. The van der Waals surface area contributed by atoms with Crippen LogP contribution >= 0.6 is 0 Å². The van der Waals surface area contributed by atoms with E-state index in [0.717, 1.165) is 16.5 Å². The first kappa shape index (κ1) is 22.5. The lowest BCUT2D eigenvalue weighted by Gasteiger charge is -2.24. The first-order valence-corrected chi connectivity index (χ1v) is 12.1. The van der Waals surface area contributed by atoms with Gasteiger partial charge in [-0.1, -0.05) is 41.6 Å². The van der Waals surface area contributed by atoms with Crippen molar-refractivity contribution in [3.05, 3.63) is 83.6 Å². The zero-order valence-corrected chi connectivity index (χ0v) is 19.5. The van der Waals surface area contributed by atoms with Gasteiger partial charge in [-0.15, -0.1) is 0 Å².